The summed E-state index contributed by atoms with van der Waals surface area (Å²) in [5.41, 5.74) is 1.05. The Morgan fingerprint density at radius 1 is 1.40 bits per heavy atom. The SMILES string of the molecule is COC(=O)c1nc(C)oc1-c1ccc(F)c(N(C)C)c1. The van der Waals surface area contributed by atoms with E-state index in [0.29, 0.717) is 17.1 Å². The highest BCUT2D eigenvalue weighted by Gasteiger charge is 2.21. The second kappa shape index (κ2) is 5.32. The zero-order chi connectivity index (χ0) is 14.9. The number of halogens is 1. The van der Waals surface area contributed by atoms with Gasteiger partial charge in [-0.25, -0.2) is 14.2 Å². The van der Waals surface area contributed by atoms with Gasteiger partial charge in [-0.3, -0.25) is 0 Å². The van der Waals surface area contributed by atoms with Gasteiger partial charge in [0.2, 0.25) is 0 Å². The summed E-state index contributed by atoms with van der Waals surface area (Å²) in [4.78, 5) is 17.3. The van der Waals surface area contributed by atoms with Gasteiger partial charge in [0.25, 0.3) is 0 Å². The van der Waals surface area contributed by atoms with Crippen molar-refractivity contribution >= 4 is 11.7 Å². The molecule has 2 rings (SSSR count). The van der Waals surface area contributed by atoms with Crippen molar-refractivity contribution in [2.24, 2.45) is 0 Å². The molecule has 2 aromatic rings. The highest BCUT2D eigenvalue weighted by molar-refractivity contribution is 5.93. The van der Waals surface area contributed by atoms with Crippen molar-refractivity contribution in [3.05, 3.63) is 35.6 Å². The minimum atomic E-state index is -0.590. The molecule has 106 valence electrons. The molecule has 0 spiro atoms. The van der Waals surface area contributed by atoms with Crippen LogP contribution in [0.5, 0.6) is 0 Å². The van der Waals surface area contributed by atoms with Crippen molar-refractivity contribution in [2.75, 3.05) is 26.1 Å². The summed E-state index contributed by atoms with van der Waals surface area (Å²) in [6.07, 6.45) is 0. The fourth-order valence-corrected chi connectivity index (χ4v) is 1.85. The average Bonchev–Trinajstić information content (AvgIpc) is 2.80. The third kappa shape index (κ3) is 2.49. The summed E-state index contributed by atoms with van der Waals surface area (Å²) in [6, 6.07) is 4.46. The lowest BCUT2D eigenvalue weighted by Gasteiger charge is -2.14. The van der Waals surface area contributed by atoms with Crippen LogP contribution >= 0.6 is 0 Å². The first-order valence-corrected chi connectivity index (χ1v) is 5.97. The van der Waals surface area contributed by atoms with Crippen molar-refractivity contribution in [1.82, 2.24) is 4.98 Å². The Balaban J connectivity index is 2.57. The van der Waals surface area contributed by atoms with Crippen LogP contribution < -0.4 is 4.90 Å². The van der Waals surface area contributed by atoms with E-state index in [-0.39, 0.29) is 17.3 Å². The summed E-state index contributed by atoms with van der Waals surface area (Å²) in [5.74, 6) is -0.323. The van der Waals surface area contributed by atoms with E-state index >= 15 is 0 Å². The van der Waals surface area contributed by atoms with Crippen LogP contribution in [0.25, 0.3) is 11.3 Å². The molecule has 0 aliphatic heterocycles. The molecule has 1 aromatic carbocycles. The monoisotopic (exact) mass is 278 g/mol. The highest BCUT2D eigenvalue weighted by atomic mass is 19.1. The van der Waals surface area contributed by atoms with Crippen LogP contribution in [0.3, 0.4) is 0 Å². The molecular weight excluding hydrogens is 263 g/mol. The third-order valence-corrected chi connectivity index (χ3v) is 2.80. The number of benzene rings is 1. The van der Waals surface area contributed by atoms with E-state index in [0.717, 1.165) is 0 Å². The van der Waals surface area contributed by atoms with Crippen LogP contribution in [0.2, 0.25) is 0 Å². The van der Waals surface area contributed by atoms with Gasteiger partial charge in [-0.1, -0.05) is 0 Å². The fraction of sp³-hybridized carbons (Fsp3) is 0.286. The molecule has 5 nitrogen and oxygen atoms in total. The summed E-state index contributed by atoms with van der Waals surface area (Å²) >= 11 is 0. The molecule has 6 heteroatoms. The number of carbonyl (C=O) groups is 1. The van der Waals surface area contributed by atoms with E-state index in [4.69, 9.17) is 4.42 Å². The molecule has 1 heterocycles. The molecule has 0 aliphatic rings. The van der Waals surface area contributed by atoms with Crippen molar-refractivity contribution in [2.45, 2.75) is 6.92 Å². The summed E-state index contributed by atoms with van der Waals surface area (Å²) in [5, 5.41) is 0. The number of aromatic nitrogens is 1. The van der Waals surface area contributed by atoms with Gasteiger partial charge < -0.3 is 14.1 Å². The van der Waals surface area contributed by atoms with Gasteiger partial charge in [-0.05, 0) is 18.2 Å². The quantitative estimate of drug-likeness (QED) is 0.808. The van der Waals surface area contributed by atoms with Crippen LogP contribution in [0.1, 0.15) is 16.4 Å². The molecule has 0 saturated heterocycles. The second-order valence-electron chi connectivity index (χ2n) is 4.46. The molecule has 0 bridgehead atoms. The molecule has 0 radical (unpaired) electrons. The molecule has 0 amide bonds. The number of anilines is 1. The van der Waals surface area contributed by atoms with Crippen LogP contribution in [-0.2, 0) is 4.74 Å². The second-order valence-corrected chi connectivity index (χ2v) is 4.46. The zero-order valence-corrected chi connectivity index (χ0v) is 11.7. The van der Waals surface area contributed by atoms with Gasteiger partial charge in [0, 0.05) is 26.6 Å². The molecule has 0 fully saturated rings. The number of oxazole rings is 1. The zero-order valence-electron chi connectivity index (χ0n) is 11.7. The minimum Gasteiger partial charge on any atom is -0.464 e. The lowest BCUT2D eigenvalue weighted by molar-refractivity contribution is 0.0595. The number of methoxy groups -OCH3 is 1. The van der Waals surface area contributed by atoms with E-state index in [9.17, 15) is 9.18 Å². The normalized spacial score (nSPS) is 10.4. The van der Waals surface area contributed by atoms with Crippen molar-refractivity contribution in [3.63, 3.8) is 0 Å². The Morgan fingerprint density at radius 2 is 2.10 bits per heavy atom. The van der Waals surface area contributed by atoms with E-state index in [1.54, 1.807) is 32.0 Å². The number of nitrogens with zero attached hydrogens (tertiary/aromatic N) is 2. The first-order valence-electron chi connectivity index (χ1n) is 5.97. The predicted molar refractivity (Wildman–Crippen MR) is 72.3 cm³/mol. The molecular formula is C14H15FN2O3. The Bertz CT molecular complexity index is 650. The number of rotatable bonds is 3. The van der Waals surface area contributed by atoms with Crippen LogP contribution in [-0.4, -0.2) is 32.2 Å². The van der Waals surface area contributed by atoms with Gasteiger partial charge in [0.05, 0.1) is 12.8 Å². The molecule has 0 saturated carbocycles. The van der Waals surface area contributed by atoms with E-state index in [2.05, 4.69) is 9.72 Å². The Kier molecular flexibility index (Phi) is 3.74. The predicted octanol–water partition coefficient (Wildman–Crippen LogP) is 2.64. The van der Waals surface area contributed by atoms with Gasteiger partial charge in [-0.15, -0.1) is 0 Å². The maximum Gasteiger partial charge on any atom is 0.360 e. The van der Waals surface area contributed by atoms with Crippen LogP contribution in [0, 0.1) is 12.7 Å². The van der Waals surface area contributed by atoms with E-state index in [1.807, 2.05) is 0 Å². The lowest BCUT2D eigenvalue weighted by atomic mass is 10.1. The number of hydrogen-bond acceptors (Lipinski definition) is 5. The van der Waals surface area contributed by atoms with Crippen molar-refractivity contribution < 1.29 is 18.3 Å². The lowest BCUT2D eigenvalue weighted by Crippen LogP contribution is -2.10. The van der Waals surface area contributed by atoms with Gasteiger partial charge >= 0.3 is 5.97 Å². The Hall–Kier alpha value is -2.37. The van der Waals surface area contributed by atoms with Crippen LogP contribution in [0.15, 0.2) is 22.6 Å². The first-order chi connectivity index (χ1) is 9.43. The molecule has 0 N–H and O–H groups in total. The Morgan fingerprint density at radius 3 is 2.70 bits per heavy atom. The number of carbonyl (C=O) groups excluding carboxylic acids is 1. The highest BCUT2D eigenvalue weighted by Crippen LogP contribution is 2.29. The number of hydrogen-bond donors (Lipinski definition) is 0. The number of ether oxygens (including phenoxy) is 1. The van der Waals surface area contributed by atoms with Crippen LogP contribution in [0.4, 0.5) is 10.1 Å². The average molecular weight is 278 g/mol. The smallest absolute Gasteiger partial charge is 0.360 e. The fourth-order valence-electron chi connectivity index (χ4n) is 1.85. The van der Waals surface area contributed by atoms with Crippen molar-refractivity contribution in [1.29, 1.82) is 0 Å². The molecule has 1 aromatic heterocycles. The first kappa shape index (κ1) is 14.0. The summed E-state index contributed by atoms with van der Waals surface area (Å²) in [6.45, 7) is 1.63. The largest absolute Gasteiger partial charge is 0.464 e. The van der Waals surface area contributed by atoms with Gasteiger partial charge in [0.1, 0.15) is 5.82 Å². The van der Waals surface area contributed by atoms with E-state index in [1.165, 1.54) is 19.2 Å². The molecule has 0 aliphatic carbocycles. The minimum absolute atomic E-state index is 0.0846. The Labute approximate surface area is 116 Å². The summed E-state index contributed by atoms with van der Waals surface area (Å²) in [7, 11) is 4.73. The maximum atomic E-state index is 13.7. The molecule has 0 atom stereocenters. The molecule has 20 heavy (non-hydrogen) atoms. The topological polar surface area (TPSA) is 55.6 Å². The molecule has 0 unspecified atom stereocenters. The van der Waals surface area contributed by atoms with Crippen molar-refractivity contribution in [3.8, 4) is 11.3 Å². The number of aryl methyl sites for hydroxylation is 1. The maximum absolute atomic E-state index is 13.7. The van der Waals surface area contributed by atoms with Gasteiger partial charge in [0.15, 0.2) is 17.3 Å². The summed E-state index contributed by atoms with van der Waals surface area (Å²) < 4.78 is 23.8. The third-order valence-electron chi connectivity index (χ3n) is 2.80. The number of esters is 1. The van der Waals surface area contributed by atoms with Gasteiger partial charge in [-0.2, -0.15) is 0 Å². The standard InChI is InChI=1S/C14H15FN2O3/c1-8-16-12(14(18)19-4)13(20-8)9-5-6-10(15)11(7-9)17(2)3/h5-7H,1-4H3. The van der Waals surface area contributed by atoms with E-state index < -0.39 is 5.97 Å².